The second kappa shape index (κ2) is 26.9. The smallest absolute Gasteiger partial charge is 0.306 e. The molecule has 5 atom stereocenters. The third-order valence-corrected chi connectivity index (χ3v) is 8.72. The summed E-state index contributed by atoms with van der Waals surface area (Å²) in [4.78, 5) is 36.5. The number of aliphatic hydroxyl groups excluding tert-OH is 2. The number of aliphatic hydroxyl groups is 2. The Balaban J connectivity index is 2.13. The van der Waals surface area contributed by atoms with E-state index in [-0.39, 0.29) is 49.2 Å². The maximum Gasteiger partial charge on any atom is 0.306 e. The van der Waals surface area contributed by atoms with Crippen molar-refractivity contribution in [3.05, 3.63) is 36.5 Å². The van der Waals surface area contributed by atoms with Crippen LogP contribution in [0, 0.1) is 17.8 Å². The standard InChI is InChI=1S/C38H64O7/c1-4-6-15-22-33(40)26-27-35-32(25-28-36(35)41)21-17-13-14-18-23-37(42)44-30-34(29-39)45-38(43)24-19-12-10-8-7-9-11-16-20-31(3)5-2/h13,17,25-28,31-35,39-40H,4-12,14-16,18-24,29-30H2,1-3H3/b17-13-,27-26+/t31?,32-,33-,34-,35+/m0/s1. The van der Waals surface area contributed by atoms with Crippen LogP contribution in [0.5, 0.6) is 0 Å². The molecule has 0 saturated carbocycles. The topological polar surface area (TPSA) is 110 Å². The van der Waals surface area contributed by atoms with Crippen LogP contribution >= 0.6 is 0 Å². The molecular formula is C38H64O7. The summed E-state index contributed by atoms with van der Waals surface area (Å²) in [5, 5.41) is 19.7. The van der Waals surface area contributed by atoms with Gasteiger partial charge in [0, 0.05) is 18.8 Å². The summed E-state index contributed by atoms with van der Waals surface area (Å²) in [5.74, 6) is 0.0115. The molecule has 0 saturated heterocycles. The minimum atomic E-state index is -0.835. The maximum absolute atomic E-state index is 12.3. The fourth-order valence-corrected chi connectivity index (χ4v) is 5.46. The molecule has 0 aliphatic heterocycles. The fraction of sp³-hybridized carbons (Fsp3) is 0.763. The van der Waals surface area contributed by atoms with Gasteiger partial charge in [0.15, 0.2) is 11.9 Å². The highest BCUT2D eigenvalue weighted by atomic mass is 16.6. The van der Waals surface area contributed by atoms with Gasteiger partial charge in [0.05, 0.1) is 12.7 Å². The van der Waals surface area contributed by atoms with Gasteiger partial charge in [-0.15, -0.1) is 0 Å². The van der Waals surface area contributed by atoms with Crippen molar-refractivity contribution in [1.82, 2.24) is 0 Å². The average Bonchev–Trinajstić information content (AvgIpc) is 3.39. The molecule has 0 aromatic carbocycles. The molecule has 0 radical (unpaired) electrons. The van der Waals surface area contributed by atoms with Crippen molar-refractivity contribution < 1.29 is 34.1 Å². The summed E-state index contributed by atoms with van der Waals surface area (Å²) in [5.41, 5.74) is 0. The SMILES string of the molecule is CCCCC[C@H](O)/C=C/[C@H]1C(=O)C=C[C@@H]1C/C=C\CCCC(=O)OC[C@H](CO)OC(=O)CCCCCCCCCCC(C)CC. The van der Waals surface area contributed by atoms with Crippen LogP contribution in [-0.4, -0.2) is 53.4 Å². The Morgan fingerprint density at radius 3 is 2.24 bits per heavy atom. The van der Waals surface area contributed by atoms with Crippen LogP contribution < -0.4 is 0 Å². The lowest BCUT2D eigenvalue weighted by Crippen LogP contribution is -2.28. The van der Waals surface area contributed by atoms with E-state index in [2.05, 4.69) is 20.8 Å². The molecule has 0 aromatic rings. The van der Waals surface area contributed by atoms with Crippen LogP contribution in [0.4, 0.5) is 0 Å². The van der Waals surface area contributed by atoms with Gasteiger partial charge < -0.3 is 19.7 Å². The molecule has 1 rings (SSSR count). The quantitative estimate of drug-likeness (QED) is 0.0507. The van der Waals surface area contributed by atoms with Crippen molar-refractivity contribution in [3.8, 4) is 0 Å². The second-order valence-electron chi connectivity index (χ2n) is 12.9. The van der Waals surface area contributed by atoms with Gasteiger partial charge in [0.2, 0.25) is 0 Å². The number of carbonyl (C=O) groups is 3. The van der Waals surface area contributed by atoms with E-state index < -0.39 is 12.2 Å². The number of unbranched alkanes of at least 4 members (excludes halogenated alkanes) is 10. The molecular weight excluding hydrogens is 568 g/mol. The molecule has 0 fully saturated rings. The summed E-state index contributed by atoms with van der Waals surface area (Å²) in [6.45, 7) is 6.18. The summed E-state index contributed by atoms with van der Waals surface area (Å²) in [6.07, 6.45) is 28.2. The van der Waals surface area contributed by atoms with Gasteiger partial charge in [-0.2, -0.15) is 0 Å². The van der Waals surface area contributed by atoms with E-state index in [4.69, 9.17) is 9.47 Å². The Kier molecular flexibility index (Phi) is 24.4. The van der Waals surface area contributed by atoms with Gasteiger partial charge in [-0.25, -0.2) is 0 Å². The molecule has 2 N–H and O–H groups in total. The minimum absolute atomic E-state index is 0.0730. The molecule has 0 aromatic heterocycles. The monoisotopic (exact) mass is 632 g/mol. The third-order valence-electron chi connectivity index (χ3n) is 8.72. The van der Waals surface area contributed by atoms with Gasteiger partial charge in [0.1, 0.15) is 6.61 Å². The Morgan fingerprint density at radius 2 is 1.56 bits per heavy atom. The number of hydrogen-bond acceptors (Lipinski definition) is 7. The zero-order chi connectivity index (χ0) is 33.1. The minimum Gasteiger partial charge on any atom is -0.462 e. The Labute approximate surface area is 273 Å². The molecule has 258 valence electrons. The first-order chi connectivity index (χ1) is 21.8. The van der Waals surface area contributed by atoms with Crippen LogP contribution in [0.1, 0.15) is 143 Å². The normalized spacial score (nSPS) is 18.6. The van der Waals surface area contributed by atoms with Gasteiger partial charge in [0.25, 0.3) is 0 Å². The summed E-state index contributed by atoms with van der Waals surface area (Å²) >= 11 is 0. The molecule has 7 heteroatoms. The number of ether oxygens (including phenoxy) is 2. The first-order valence-corrected chi connectivity index (χ1v) is 18.0. The van der Waals surface area contributed by atoms with E-state index in [0.717, 1.165) is 57.3 Å². The summed E-state index contributed by atoms with van der Waals surface area (Å²) in [7, 11) is 0. The molecule has 1 unspecified atom stereocenters. The molecule has 0 heterocycles. The molecule has 7 nitrogen and oxygen atoms in total. The Morgan fingerprint density at radius 1 is 0.889 bits per heavy atom. The highest BCUT2D eigenvalue weighted by Gasteiger charge is 2.27. The first-order valence-electron chi connectivity index (χ1n) is 18.0. The number of esters is 2. The van der Waals surface area contributed by atoms with Crippen molar-refractivity contribution in [2.75, 3.05) is 13.2 Å². The van der Waals surface area contributed by atoms with Crippen molar-refractivity contribution in [2.45, 2.75) is 155 Å². The lowest BCUT2D eigenvalue weighted by Gasteiger charge is -2.15. The van der Waals surface area contributed by atoms with Crippen LogP contribution in [-0.2, 0) is 23.9 Å². The Bertz CT molecular complexity index is 877. The average molecular weight is 633 g/mol. The van der Waals surface area contributed by atoms with Crippen LogP contribution in [0.15, 0.2) is 36.5 Å². The van der Waals surface area contributed by atoms with Crippen LogP contribution in [0.2, 0.25) is 0 Å². The van der Waals surface area contributed by atoms with Crippen LogP contribution in [0.3, 0.4) is 0 Å². The molecule has 0 spiro atoms. The van der Waals surface area contributed by atoms with Crippen molar-refractivity contribution in [3.63, 3.8) is 0 Å². The maximum atomic E-state index is 12.3. The van der Waals surface area contributed by atoms with Gasteiger partial charge in [-0.3, -0.25) is 14.4 Å². The molecule has 0 bridgehead atoms. The molecule has 0 amide bonds. The van der Waals surface area contributed by atoms with E-state index >= 15 is 0 Å². The van der Waals surface area contributed by atoms with E-state index in [9.17, 15) is 24.6 Å². The molecule has 1 aliphatic rings. The number of allylic oxidation sites excluding steroid dienone is 5. The number of ketones is 1. The van der Waals surface area contributed by atoms with E-state index in [1.807, 2.05) is 24.3 Å². The third kappa shape index (κ3) is 21.2. The largest absolute Gasteiger partial charge is 0.462 e. The highest BCUT2D eigenvalue weighted by Crippen LogP contribution is 2.27. The van der Waals surface area contributed by atoms with Gasteiger partial charge >= 0.3 is 11.9 Å². The summed E-state index contributed by atoms with van der Waals surface area (Å²) in [6, 6.07) is 0. The predicted octanol–water partition coefficient (Wildman–Crippen LogP) is 8.37. The van der Waals surface area contributed by atoms with Crippen LogP contribution in [0.25, 0.3) is 0 Å². The number of carbonyl (C=O) groups excluding carboxylic acids is 3. The van der Waals surface area contributed by atoms with E-state index in [0.29, 0.717) is 19.3 Å². The predicted molar refractivity (Wildman–Crippen MR) is 182 cm³/mol. The van der Waals surface area contributed by atoms with E-state index in [1.165, 1.54) is 44.9 Å². The van der Waals surface area contributed by atoms with Crippen molar-refractivity contribution in [2.24, 2.45) is 17.8 Å². The lowest BCUT2D eigenvalue weighted by molar-refractivity contribution is -0.161. The second-order valence-corrected chi connectivity index (χ2v) is 12.9. The number of rotatable bonds is 28. The zero-order valence-electron chi connectivity index (χ0n) is 28.6. The highest BCUT2D eigenvalue weighted by molar-refractivity contribution is 5.95. The Hall–Kier alpha value is -2.25. The first kappa shape index (κ1) is 40.8. The van der Waals surface area contributed by atoms with E-state index in [1.54, 1.807) is 12.2 Å². The van der Waals surface area contributed by atoms with Crippen molar-refractivity contribution >= 4 is 17.7 Å². The zero-order valence-corrected chi connectivity index (χ0v) is 28.6. The lowest BCUT2D eigenvalue weighted by atomic mass is 9.90. The molecule has 45 heavy (non-hydrogen) atoms. The molecule has 1 aliphatic carbocycles. The fourth-order valence-electron chi connectivity index (χ4n) is 5.46. The van der Waals surface area contributed by atoms with Gasteiger partial charge in [-0.1, -0.05) is 128 Å². The van der Waals surface area contributed by atoms with Crippen molar-refractivity contribution in [1.29, 1.82) is 0 Å². The number of hydrogen-bond donors (Lipinski definition) is 2. The van der Waals surface area contributed by atoms with Gasteiger partial charge in [-0.05, 0) is 50.0 Å². The summed E-state index contributed by atoms with van der Waals surface area (Å²) < 4.78 is 10.5.